The van der Waals surface area contributed by atoms with Crippen molar-refractivity contribution in [2.75, 3.05) is 12.0 Å². The van der Waals surface area contributed by atoms with E-state index < -0.39 is 0 Å². The molecular weight excluding hydrogens is 374 g/mol. The number of Topliss-reactive ketones (excluding diaryl/α,β-unsaturated/α-hetero) is 1. The Labute approximate surface area is 178 Å². The lowest BCUT2D eigenvalue weighted by Crippen LogP contribution is -2.43. The third-order valence-corrected chi connectivity index (χ3v) is 6.13. The van der Waals surface area contributed by atoms with Crippen LogP contribution in [0.25, 0.3) is 0 Å². The van der Waals surface area contributed by atoms with Crippen molar-refractivity contribution >= 4 is 17.4 Å². The van der Waals surface area contributed by atoms with E-state index in [0.29, 0.717) is 19.3 Å². The van der Waals surface area contributed by atoms with Gasteiger partial charge in [-0.3, -0.25) is 14.5 Å². The quantitative estimate of drug-likeness (QED) is 0.682. The van der Waals surface area contributed by atoms with Gasteiger partial charge in [-0.2, -0.15) is 0 Å². The van der Waals surface area contributed by atoms with Crippen molar-refractivity contribution in [2.24, 2.45) is 5.41 Å². The van der Waals surface area contributed by atoms with E-state index in [1.165, 1.54) is 0 Å². The maximum absolute atomic E-state index is 13.5. The van der Waals surface area contributed by atoms with E-state index in [4.69, 9.17) is 4.74 Å². The maximum atomic E-state index is 13.5. The molecule has 0 saturated carbocycles. The van der Waals surface area contributed by atoms with Crippen LogP contribution in [-0.2, 0) is 9.59 Å². The van der Waals surface area contributed by atoms with Crippen LogP contribution in [0.1, 0.15) is 55.7 Å². The molecule has 4 heteroatoms. The number of nitrogens with zero attached hydrogens (tertiary/aromatic N) is 1. The van der Waals surface area contributed by atoms with E-state index >= 15 is 0 Å². The standard InChI is InChI=1S/C26H29NO3/c1-16-10-17(2)12-19(11-16)27-22-14-26(3,4)15-23(28)25(22)21(13-24(27)29)18-6-8-20(30-5)9-7-18/h6-12,21H,13-15H2,1-5H3. The van der Waals surface area contributed by atoms with Gasteiger partial charge in [-0.1, -0.05) is 32.0 Å². The molecule has 1 aliphatic carbocycles. The molecule has 1 aliphatic heterocycles. The number of allylic oxidation sites excluding steroid dienone is 2. The van der Waals surface area contributed by atoms with Gasteiger partial charge in [-0.25, -0.2) is 0 Å². The average molecular weight is 404 g/mol. The molecule has 1 atom stereocenters. The lowest BCUT2D eigenvalue weighted by molar-refractivity contribution is -0.121. The fourth-order valence-electron chi connectivity index (χ4n) is 4.92. The predicted molar refractivity (Wildman–Crippen MR) is 119 cm³/mol. The highest BCUT2D eigenvalue weighted by atomic mass is 16.5. The maximum Gasteiger partial charge on any atom is 0.232 e. The van der Waals surface area contributed by atoms with Gasteiger partial charge >= 0.3 is 0 Å². The van der Waals surface area contributed by atoms with Crippen LogP contribution >= 0.6 is 0 Å². The topological polar surface area (TPSA) is 46.6 Å². The molecule has 0 N–H and O–H groups in total. The summed E-state index contributed by atoms with van der Waals surface area (Å²) >= 11 is 0. The molecule has 156 valence electrons. The third kappa shape index (κ3) is 3.67. The van der Waals surface area contributed by atoms with Gasteiger partial charge in [-0.05, 0) is 66.6 Å². The molecule has 2 aromatic rings. The number of hydrogen-bond donors (Lipinski definition) is 0. The van der Waals surface area contributed by atoms with Crippen LogP contribution in [0.4, 0.5) is 5.69 Å². The van der Waals surface area contributed by atoms with E-state index in [9.17, 15) is 9.59 Å². The molecule has 30 heavy (non-hydrogen) atoms. The molecule has 0 bridgehead atoms. The zero-order chi connectivity index (χ0) is 21.6. The lowest BCUT2D eigenvalue weighted by atomic mass is 9.69. The van der Waals surface area contributed by atoms with Gasteiger partial charge < -0.3 is 4.74 Å². The summed E-state index contributed by atoms with van der Waals surface area (Å²) in [6, 6.07) is 13.9. The van der Waals surface area contributed by atoms with Crippen molar-refractivity contribution in [1.82, 2.24) is 0 Å². The second-order valence-corrected chi connectivity index (χ2v) is 9.41. The lowest BCUT2D eigenvalue weighted by Gasteiger charge is -2.43. The van der Waals surface area contributed by atoms with Crippen LogP contribution in [-0.4, -0.2) is 18.8 Å². The smallest absolute Gasteiger partial charge is 0.232 e. The number of ketones is 1. The van der Waals surface area contributed by atoms with E-state index in [1.54, 1.807) is 7.11 Å². The van der Waals surface area contributed by atoms with Gasteiger partial charge in [0.2, 0.25) is 5.91 Å². The number of anilines is 1. The number of benzene rings is 2. The molecule has 0 radical (unpaired) electrons. The Morgan fingerprint density at radius 1 is 0.967 bits per heavy atom. The summed E-state index contributed by atoms with van der Waals surface area (Å²) in [5.41, 5.74) is 5.58. The SMILES string of the molecule is COc1ccc(C2CC(=O)N(c3cc(C)cc(C)c3)C3=C2C(=O)CC(C)(C)C3)cc1. The number of hydrogen-bond acceptors (Lipinski definition) is 3. The monoisotopic (exact) mass is 403 g/mol. The summed E-state index contributed by atoms with van der Waals surface area (Å²) in [5, 5.41) is 0. The zero-order valence-electron chi connectivity index (χ0n) is 18.4. The van der Waals surface area contributed by atoms with E-state index in [-0.39, 0.29) is 23.0 Å². The Morgan fingerprint density at radius 3 is 2.20 bits per heavy atom. The molecule has 4 rings (SSSR count). The average Bonchev–Trinajstić information content (AvgIpc) is 2.65. The van der Waals surface area contributed by atoms with Gasteiger partial charge in [0.25, 0.3) is 0 Å². The highest BCUT2D eigenvalue weighted by Crippen LogP contribution is 2.48. The van der Waals surface area contributed by atoms with E-state index in [1.807, 2.05) is 55.1 Å². The first-order valence-electron chi connectivity index (χ1n) is 10.5. The molecule has 1 unspecified atom stereocenters. The molecule has 4 nitrogen and oxygen atoms in total. The van der Waals surface area contributed by atoms with Gasteiger partial charge in [-0.15, -0.1) is 0 Å². The normalized spacial score (nSPS) is 21.0. The Balaban J connectivity index is 1.88. The summed E-state index contributed by atoms with van der Waals surface area (Å²) in [6.45, 7) is 8.29. The molecular formula is C26H29NO3. The van der Waals surface area contributed by atoms with E-state index in [2.05, 4.69) is 19.9 Å². The summed E-state index contributed by atoms with van der Waals surface area (Å²) in [4.78, 5) is 28.6. The summed E-state index contributed by atoms with van der Waals surface area (Å²) in [5.74, 6) is 0.765. The Morgan fingerprint density at radius 2 is 1.60 bits per heavy atom. The number of aryl methyl sites for hydroxylation is 2. The Bertz CT molecular complexity index is 1030. The van der Waals surface area contributed by atoms with E-state index in [0.717, 1.165) is 39.4 Å². The summed E-state index contributed by atoms with van der Waals surface area (Å²) in [7, 11) is 1.63. The molecule has 1 heterocycles. The molecule has 0 fully saturated rings. The van der Waals surface area contributed by atoms with Gasteiger partial charge in [0, 0.05) is 35.7 Å². The van der Waals surface area contributed by atoms with Crippen LogP contribution in [0.5, 0.6) is 5.75 Å². The largest absolute Gasteiger partial charge is 0.497 e. The molecule has 0 aromatic heterocycles. The molecule has 2 aromatic carbocycles. The fourth-order valence-corrected chi connectivity index (χ4v) is 4.92. The first kappa shape index (κ1) is 20.4. The number of methoxy groups -OCH3 is 1. The van der Waals surface area contributed by atoms with Crippen molar-refractivity contribution in [3.8, 4) is 5.75 Å². The van der Waals surface area contributed by atoms with Crippen molar-refractivity contribution < 1.29 is 14.3 Å². The Hall–Kier alpha value is -2.88. The van der Waals surface area contributed by atoms with Crippen molar-refractivity contribution in [3.05, 3.63) is 70.4 Å². The number of carbonyl (C=O) groups excluding carboxylic acids is 2. The zero-order valence-corrected chi connectivity index (χ0v) is 18.4. The fraction of sp³-hybridized carbons (Fsp3) is 0.385. The number of carbonyl (C=O) groups is 2. The van der Waals surface area contributed by atoms with Crippen molar-refractivity contribution in [2.45, 2.75) is 52.9 Å². The first-order valence-corrected chi connectivity index (χ1v) is 10.5. The number of rotatable bonds is 3. The van der Waals surface area contributed by atoms with Crippen molar-refractivity contribution in [3.63, 3.8) is 0 Å². The molecule has 0 spiro atoms. The van der Waals surface area contributed by atoms with Gasteiger partial charge in [0.1, 0.15) is 5.75 Å². The number of ether oxygens (including phenoxy) is 1. The summed E-state index contributed by atoms with van der Waals surface area (Å²) < 4.78 is 5.28. The summed E-state index contributed by atoms with van der Waals surface area (Å²) in [6.07, 6.45) is 1.51. The highest BCUT2D eigenvalue weighted by Gasteiger charge is 2.44. The number of amides is 1. The van der Waals surface area contributed by atoms with Crippen LogP contribution in [0.3, 0.4) is 0 Å². The molecule has 2 aliphatic rings. The van der Waals surface area contributed by atoms with Gasteiger partial charge in [0.15, 0.2) is 5.78 Å². The third-order valence-electron chi connectivity index (χ3n) is 6.13. The molecule has 1 amide bonds. The first-order chi connectivity index (χ1) is 14.2. The minimum Gasteiger partial charge on any atom is -0.497 e. The second kappa shape index (κ2) is 7.42. The van der Waals surface area contributed by atoms with Crippen LogP contribution in [0.15, 0.2) is 53.7 Å². The minimum atomic E-state index is -0.204. The van der Waals surface area contributed by atoms with Crippen molar-refractivity contribution in [1.29, 1.82) is 0 Å². The Kier molecular flexibility index (Phi) is 5.05. The van der Waals surface area contributed by atoms with Crippen LogP contribution < -0.4 is 9.64 Å². The van der Waals surface area contributed by atoms with Crippen LogP contribution in [0, 0.1) is 19.3 Å². The minimum absolute atomic E-state index is 0.0464. The second-order valence-electron chi connectivity index (χ2n) is 9.41. The van der Waals surface area contributed by atoms with Gasteiger partial charge in [0.05, 0.1) is 7.11 Å². The molecule has 0 saturated heterocycles. The predicted octanol–water partition coefficient (Wildman–Crippen LogP) is 5.48. The van der Waals surface area contributed by atoms with Crippen LogP contribution in [0.2, 0.25) is 0 Å². The highest BCUT2D eigenvalue weighted by molar-refractivity contribution is 6.07.